The molecular weight excluding hydrogens is 707 g/mol. The lowest BCUT2D eigenvalue weighted by Gasteiger charge is -2.22. The molecule has 0 N–H and O–H groups in total. The van der Waals surface area contributed by atoms with Crippen LogP contribution in [0.15, 0.2) is 0 Å². The molecule has 0 bridgehead atoms. The lowest BCUT2D eigenvalue weighted by molar-refractivity contribution is -0.150. The molecule has 0 heterocycles. The van der Waals surface area contributed by atoms with E-state index in [0.29, 0.717) is 19.4 Å². The average molecular weight is 800 g/mol. The molecule has 0 amide bonds. The SMILES string of the molecule is CCCCCCCCCOC(=O)CCCCCCCN(CCCCCCCC(=O)OC(CCCCCCCC)CCCCCCCC)CCCCS(C)(=O)=O. The summed E-state index contributed by atoms with van der Waals surface area (Å²) in [6.07, 6.45) is 40.8. The maximum absolute atomic E-state index is 12.8. The zero-order valence-corrected chi connectivity index (χ0v) is 38.0. The number of esters is 2. The van der Waals surface area contributed by atoms with Crippen LogP contribution in [-0.2, 0) is 28.9 Å². The van der Waals surface area contributed by atoms with Crippen molar-refractivity contribution in [3.63, 3.8) is 0 Å². The Balaban J connectivity index is 4.30. The number of rotatable bonds is 44. The molecule has 0 radical (unpaired) electrons. The van der Waals surface area contributed by atoms with E-state index in [0.717, 1.165) is 122 Å². The van der Waals surface area contributed by atoms with Crippen LogP contribution < -0.4 is 0 Å². The summed E-state index contributed by atoms with van der Waals surface area (Å²) in [4.78, 5) is 27.4. The van der Waals surface area contributed by atoms with Crippen LogP contribution >= 0.6 is 0 Å². The van der Waals surface area contributed by atoms with Crippen LogP contribution in [-0.4, -0.2) is 69.6 Å². The smallest absolute Gasteiger partial charge is 0.306 e. The number of unbranched alkanes of at least 4 members (excludes halogenated alkanes) is 25. The van der Waals surface area contributed by atoms with Gasteiger partial charge in [-0.15, -0.1) is 0 Å². The van der Waals surface area contributed by atoms with E-state index in [1.54, 1.807) is 0 Å². The first-order valence-corrected chi connectivity index (χ1v) is 26.0. The largest absolute Gasteiger partial charge is 0.466 e. The number of ether oxygens (including phenoxy) is 2. The number of hydrogen-bond donors (Lipinski definition) is 0. The van der Waals surface area contributed by atoms with Crippen LogP contribution in [0, 0.1) is 0 Å². The Morgan fingerprint density at radius 2 is 0.818 bits per heavy atom. The molecule has 0 aliphatic heterocycles. The molecule has 0 aromatic carbocycles. The molecule has 0 saturated carbocycles. The highest BCUT2D eigenvalue weighted by Crippen LogP contribution is 2.19. The summed E-state index contributed by atoms with van der Waals surface area (Å²) in [5, 5.41) is 0. The summed E-state index contributed by atoms with van der Waals surface area (Å²) in [5.41, 5.74) is 0. The van der Waals surface area contributed by atoms with Gasteiger partial charge in [-0.3, -0.25) is 9.59 Å². The van der Waals surface area contributed by atoms with Gasteiger partial charge in [0, 0.05) is 24.9 Å². The molecular formula is C47H93NO6S. The average Bonchev–Trinajstić information content (AvgIpc) is 3.15. The van der Waals surface area contributed by atoms with E-state index in [2.05, 4.69) is 25.7 Å². The Morgan fingerprint density at radius 3 is 1.27 bits per heavy atom. The monoisotopic (exact) mass is 800 g/mol. The van der Waals surface area contributed by atoms with Gasteiger partial charge in [-0.1, -0.05) is 162 Å². The highest BCUT2D eigenvalue weighted by molar-refractivity contribution is 7.90. The van der Waals surface area contributed by atoms with Gasteiger partial charge in [0.15, 0.2) is 0 Å². The number of carbonyl (C=O) groups is 2. The fraction of sp³-hybridized carbons (Fsp3) is 0.957. The molecule has 0 saturated heterocycles. The fourth-order valence-corrected chi connectivity index (χ4v) is 8.16. The van der Waals surface area contributed by atoms with E-state index >= 15 is 0 Å². The Bertz CT molecular complexity index is 926. The van der Waals surface area contributed by atoms with Gasteiger partial charge in [-0.2, -0.15) is 0 Å². The molecule has 0 spiro atoms. The fourth-order valence-electron chi connectivity index (χ4n) is 7.43. The highest BCUT2D eigenvalue weighted by atomic mass is 32.2. The van der Waals surface area contributed by atoms with Crippen molar-refractivity contribution in [3.05, 3.63) is 0 Å². The third-order valence-corrected chi connectivity index (χ3v) is 12.0. The summed E-state index contributed by atoms with van der Waals surface area (Å²) >= 11 is 0. The molecule has 55 heavy (non-hydrogen) atoms. The minimum atomic E-state index is -2.91. The zero-order valence-electron chi connectivity index (χ0n) is 37.2. The Labute approximate surface area is 342 Å². The lowest BCUT2D eigenvalue weighted by atomic mass is 10.0. The maximum Gasteiger partial charge on any atom is 0.306 e. The third-order valence-electron chi connectivity index (χ3n) is 11.0. The van der Waals surface area contributed by atoms with Crippen LogP contribution in [0.2, 0.25) is 0 Å². The second-order valence-corrected chi connectivity index (χ2v) is 19.0. The van der Waals surface area contributed by atoms with Gasteiger partial charge in [-0.25, -0.2) is 8.42 Å². The quantitative estimate of drug-likeness (QED) is 0.0448. The van der Waals surface area contributed by atoms with Crippen molar-refractivity contribution in [2.45, 2.75) is 252 Å². The molecule has 0 fully saturated rings. The predicted octanol–water partition coefficient (Wildman–Crippen LogP) is 13.5. The lowest BCUT2D eigenvalue weighted by Crippen LogP contribution is -2.27. The van der Waals surface area contributed by atoms with Crippen molar-refractivity contribution in [1.82, 2.24) is 4.90 Å². The third kappa shape index (κ3) is 42.3. The van der Waals surface area contributed by atoms with Crippen LogP contribution in [0.4, 0.5) is 0 Å². The van der Waals surface area contributed by atoms with Gasteiger partial charge in [0.05, 0.1) is 6.61 Å². The van der Waals surface area contributed by atoms with Gasteiger partial charge in [0.2, 0.25) is 0 Å². The van der Waals surface area contributed by atoms with Gasteiger partial charge >= 0.3 is 11.9 Å². The minimum absolute atomic E-state index is 0.000898. The highest BCUT2D eigenvalue weighted by Gasteiger charge is 2.14. The van der Waals surface area contributed by atoms with Gasteiger partial charge in [0.1, 0.15) is 15.9 Å². The molecule has 0 atom stereocenters. The van der Waals surface area contributed by atoms with Crippen molar-refractivity contribution in [3.8, 4) is 0 Å². The Kier molecular flexibility index (Phi) is 40.2. The molecule has 0 rings (SSSR count). The molecule has 0 unspecified atom stereocenters. The first-order chi connectivity index (χ1) is 26.7. The van der Waals surface area contributed by atoms with Gasteiger partial charge < -0.3 is 14.4 Å². The van der Waals surface area contributed by atoms with E-state index in [-0.39, 0.29) is 23.8 Å². The zero-order chi connectivity index (χ0) is 40.5. The first-order valence-electron chi connectivity index (χ1n) is 24.0. The normalized spacial score (nSPS) is 11.9. The van der Waals surface area contributed by atoms with Crippen LogP contribution in [0.25, 0.3) is 0 Å². The second kappa shape index (κ2) is 41.0. The maximum atomic E-state index is 12.8. The standard InChI is InChI=1S/C47H93NO6S/c1-5-8-11-14-17-26-34-43-53-46(49)38-29-22-18-24-31-40-48(42-33-35-44-55(4,51)52)41-32-25-19-23-30-39-47(50)54-45(36-27-20-15-12-9-6-2)37-28-21-16-13-10-7-3/h45H,5-44H2,1-4H3. The summed E-state index contributed by atoms with van der Waals surface area (Å²) in [6, 6.07) is 0. The molecule has 0 aromatic heterocycles. The summed E-state index contributed by atoms with van der Waals surface area (Å²) in [7, 11) is -2.91. The van der Waals surface area contributed by atoms with Crippen molar-refractivity contribution in [1.29, 1.82) is 0 Å². The molecule has 7 nitrogen and oxygen atoms in total. The second-order valence-electron chi connectivity index (χ2n) is 16.8. The van der Waals surface area contributed by atoms with Crippen LogP contribution in [0.1, 0.15) is 245 Å². The summed E-state index contributed by atoms with van der Waals surface area (Å²) < 4.78 is 34.7. The summed E-state index contributed by atoms with van der Waals surface area (Å²) in [6.45, 7) is 10.4. The molecule has 0 aliphatic rings. The van der Waals surface area contributed by atoms with Gasteiger partial charge in [-0.05, 0) is 90.3 Å². The van der Waals surface area contributed by atoms with E-state index in [1.165, 1.54) is 115 Å². The minimum Gasteiger partial charge on any atom is -0.466 e. The number of sulfone groups is 1. The van der Waals surface area contributed by atoms with Crippen molar-refractivity contribution in [2.75, 3.05) is 38.2 Å². The Hall–Kier alpha value is -1.15. The molecule has 328 valence electrons. The molecule has 8 heteroatoms. The number of carbonyl (C=O) groups excluding carboxylic acids is 2. The van der Waals surface area contributed by atoms with Gasteiger partial charge in [0.25, 0.3) is 0 Å². The van der Waals surface area contributed by atoms with Crippen molar-refractivity contribution >= 4 is 21.8 Å². The molecule has 0 aromatic rings. The van der Waals surface area contributed by atoms with E-state index in [9.17, 15) is 18.0 Å². The van der Waals surface area contributed by atoms with Crippen molar-refractivity contribution < 1.29 is 27.5 Å². The topological polar surface area (TPSA) is 90.0 Å². The van der Waals surface area contributed by atoms with E-state index in [1.807, 2.05) is 0 Å². The van der Waals surface area contributed by atoms with Crippen LogP contribution in [0.5, 0.6) is 0 Å². The number of nitrogens with zero attached hydrogens (tertiary/aromatic N) is 1. The number of hydrogen-bond acceptors (Lipinski definition) is 7. The van der Waals surface area contributed by atoms with Crippen molar-refractivity contribution in [2.24, 2.45) is 0 Å². The first kappa shape index (κ1) is 53.9. The summed E-state index contributed by atoms with van der Waals surface area (Å²) in [5.74, 6) is 0.224. The van der Waals surface area contributed by atoms with E-state index in [4.69, 9.17) is 9.47 Å². The Morgan fingerprint density at radius 1 is 0.455 bits per heavy atom. The molecule has 0 aliphatic carbocycles. The predicted molar refractivity (Wildman–Crippen MR) is 236 cm³/mol. The van der Waals surface area contributed by atoms with E-state index < -0.39 is 9.84 Å². The van der Waals surface area contributed by atoms with Crippen LogP contribution in [0.3, 0.4) is 0 Å².